The summed E-state index contributed by atoms with van der Waals surface area (Å²) >= 11 is 0. The molecule has 0 amide bonds. The topological polar surface area (TPSA) is 127 Å². The molecule has 3 aromatic heterocycles. The van der Waals surface area contributed by atoms with Crippen molar-refractivity contribution in [2.75, 3.05) is 0 Å². The van der Waals surface area contributed by atoms with Crippen molar-refractivity contribution in [3.63, 3.8) is 0 Å². The summed E-state index contributed by atoms with van der Waals surface area (Å²) in [4.78, 5) is 26.6. The summed E-state index contributed by atoms with van der Waals surface area (Å²) in [5, 5.41) is 24.2. The number of aliphatic carboxylic acids is 1. The largest absolute Gasteiger partial charge is 0.490 e. The van der Waals surface area contributed by atoms with Gasteiger partial charge >= 0.3 is 12.1 Å². The molecule has 0 radical (unpaired) electrons. The van der Waals surface area contributed by atoms with Gasteiger partial charge in [0.15, 0.2) is 0 Å². The number of nitrogens with zero attached hydrogens (tertiary/aromatic N) is 4. The number of nitro benzene ring substituents is 1. The summed E-state index contributed by atoms with van der Waals surface area (Å²) in [6.45, 7) is 0. The maximum Gasteiger partial charge on any atom is 0.490 e. The number of carbonyl (C=O) groups is 1. The van der Waals surface area contributed by atoms with Crippen LogP contribution in [0.4, 0.5) is 18.9 Å². The van der Waals surface area contributed by atoms with Crippen molar-refractivity contribution in [3.8, 4) is 5.69 Å². The number of fused-ring (bicyclic) bond motifs is 2. The molecule has 12 heteroatoms. The van der Waals surface area contributed by atoms with Crippen LogP contribution in [0.2, 0.25) is 0 Å². The second-order valence-corrected chi connectivity index (χ2v) is 5.45. The molecule has 0 aliphatic rings. The van der Waals surface area contributed by atoms with E-state index in [-0.39, 0.29) is 5.69 Å². The molecule has 0 saturated heterocycles. The van der Waals surface area contributed by atoms with Gasteiger partial charge in [0.25, 0.3) is 5.69 Å². The minimum atomic E-state index is -5.08. The van der Waals surface area contributed by atoms with E-state index >= 15 is 0 Å². The van der Waals surface area contributed by atoms with Crippen LogP contribution in [0.3, 0.4) is 0 Å². The standard InChI is InChI=1S/C14H9N5O2.C2HF3O2/c20-19(21)10-2-1-9-8-18(17-12(9)7-10)13-4-6-16-14-11(13)3-5-15-14;3-2(4,5)1(6)7/h1-8H,(H,15,16);(H,6,7). The van der Waals surface area contributed by atoms with Gasteiger partial charge in [0.05, 0.1) is 16.1 Å². The molecule has 9 nitrogen and oxygen atoms in total. The minimum Gasteiger partial charge on any atom is -0.475 e. The molecule has 0 aliphatic carbocycles. The highest BCUT2D eigenvalue weighted by molar-refractivity contribution is 5.86. The molecule has 1 aromatic carbocycles. The second-order valence-electron chi connectivity index (χ2n) is 5.45. The Morgan fingerprint density at radius 2 is 1.96 bits per heavy atom. The van der Waals surface area contributed by atoms with Gasteiger partial charge in [0, 0.05) is 41.5 Å². The van der Waals surface area contributed by atoms with Crippen molar-refractivity contribution < 1.29 is 28.0 Å². The quantitative estimate of drug-likeness (QED) is 0.397. The Balaban J connectivity index is 0.000000279. The molecule has 4 aromatic rings. The highest BCUT2D eigenvalue weighted by Crippen LogP contribution is 2.24. The SMILES string of the molecule is O=C(O)C(F)(F)F.O=[N+]([O-])c1ccc2cn(-c3ccnc4[nH]ccc34)nc2c1. The Morgan fingerprint density at radius 3 is 2.61 bits per heavy atom. The molecular weight excluding hydrogens is 383 g/mol. The third-order valence-electron chi connectivity index (χ3n) is 3.63. The summed E-state index contributed by atoms with van der Waals surface area (Å²) in [6.07, 6.45) is 0.277. The Morgan fingerprint density at radius 1 is 1.25 bits per heavy atom. The predicted molar refractivity (Wildman–Crippen MR) is 91.1 cm³/mol. The van der Waals surface area contributed by atoms with Crippen molar-refractivity contribution in [1.29, 1.82) is 0 Å². The summed E-state index contributed by atoms with van der Waals surface area (Å²) in [6, 6.07) is 8.43. The van der Waals surface area contributed by atoms with Gasteiger partial charge in [-0.3, -0.25) is 10.1 Å². The number of aromatic nitrogens is 4. The highest BCUT2D eigenvalue weighted by Gasteiger charge is 2.38. The van der Waals surface area contributed by atoms with Crippen LogP contribution in [0.1, 0.15) is 0 Å². The molecule has 144 valence electrons. The fourth-order valence-electron chi connectivity index (χ4n) is 2.39. The maximum absolute atomic E-state index is 10.8. The van der Waals surface area contributed by atoms with Gasteiger partial charge in [0.1, 0.15) is 5.65 Å². The van der Waals surface area contributed by atoms with E-state index in [1.54, 1.807) is 16.9 Å². The van der Waals surface area contributed by atoms with E-state index in [1.165, 1.54) is 12.1 Å². The Bertz CT molecular complexity index is 1180. The first-order valence-corrected chi connectivity index (χ1v) is 7.53. The van der Waals surface area contributed by atoms with Crippen LogP contribution in [0, 0.1) is 10.1 Å². The van der Waals surface area contributed by atoms with Crippen LogP contribution >= 0.6 is 0 Å². The highest BCUT2D eigenvalue weighted by atomic mass is 19.4. The van der Waals surface area contributed by atoms with Gasteiger partial charge in [0.2, 0.25) is 0 Å². The lowest BCUT2D eigenvalue weighted by atomic mass is 10.2. The van der Waals surface area contributed by atoms with Gasteiger partial charge in [-0.15, -0.1) is 0 Å². The van der Waals surface area contributed by atoms with Crippen LogP contribution in [-0.2, 0) is 4.79 Å². The zero-order valence-corrected chi connectivity index (χ0v) is 13.7. The molecule has 2 N–H and O–H groups in total. The molecule has 0 bridgehead atoms. The number of nitrogens with one attached hydrogen (secondary N) is 1. The van der Waals surface area contributed by atoms with Gasteiger partial charge < -0.3 is 10.1 Å². The third kappa shape index (κ3) is 3.75. The van der Waals surface area contributed by atoms with Crippen LogP contribution in [0.25, 0.3) is 27.6 Å². The first-order chi connectivity index (χ1) is 13.2. The average Bonchev–Trinajstić information content (AvgIpc) is 3.26. The number of carboxylic acid groups (broad SMARTS) is 1. The van der Waals surface area contributed by atoms with Crippen molar-refractivity contribution in [3.05, 3.63) is 59.0 Å². The molecule has 0 spiro atoms. The number of hydrogen-bond donors (Lipinski definition) is 2. The summed E-state index contributed by atoms with van der Waals surface area (Å²) < 4.78 is 33.5. The van der Waals surface area contributed by atoms with Crippen molar-refractivity contribution in [2.24, 2.45) is 0 Å². The molecule has 0 saturated carbocycles. The smallest absolute Gasteiger partial charge is 0.475 e. The fraction of sp³-hybridized carbons (Fsp3) is 0.0625. The number of nitro groups is 1. The van der Waals surface area contributed by atoms with Crippen molar-refractivity contribution in [1.82, 2.24) is 19.7 Å². The molecule has 0 atom stereocenters. The first-order valence-electron chi connectivity index (χ1n) is 7.53. The average molecular weight is 393 g/mol. The Labute approximate surface area is 153 Å². The Kier molecular flexibility index (Phi) is 4.69. The number of aromatic amines is 1. The van der Waals surface area contributed by atoms with Crippen molar-refractivity contribution >= 4 is 33.6 Å². The number of hydrogen-bond acceptors (Lipinski definition) is 5. The molecular formula is C16H10F3N5O4. The van der Waals surface area contributed by atoms with Gasteiger partial charge in [-0.1, -0.05) is 0 Å². The summed E-state index contributed by atoms with van der Waals surface area (Å²) in [5.41, 5.74) is 2.28. The van der Waals surface area contributed by atoms with E-state index in [2.05, 4.69) is 15.1 Å². The van der Waals surface area contributed by atoms with Crippen LogP contribution in [0.5, 0.6) is 0 Å². The van der Waals surface area contributed by atoms with Crippen LogP contribution < -0.4 is 0 Å². The van der Waals surface area contributed by atoms with E-state index in [9.17, 15) is 23.3 Å². The molecule has 4 rings (SSSR count). The monoisotopic (exact) mass is 393 g/mol. The number of halogens is 3. The molecule has 3 heterocycles. The molecule has 28 heavy (non-hydrogen) atoms. The third-order valence-corrected chi connectivity index (χ3v) is 3.63. The van der Waals surface area contributed by atoms with Gasteiger partial charge in [-0.2, -0.15) is 18.3 Å². The fourth-order valence-corrected chi connectivity index (χ4v) is 2.39. The summed E-state index contributed by atoms with van der Waals surface area (Å²) in [5.74, 6) is -2.76. The van der Waals surface area contributed by atoms with E-state index < -0.39 is 17.1 Å². The normalized spacial score (nSPS) is 11.2. The van der Waals surface area contributed by atoms with Gasteiger partial charge in [-0.25, -0.2) is 14.5 Å². The maximum atomic E-state index is 10.8. The van der Waals surface area contributed by atoms with Crippen LogP contribution in [-0.4, -0.2) is 41.9 Å². The number of rotatable bonds is 2. The lowest BCUT2D eigenvalue weighted by Gasteiger charge is -2.01. The Hall–Kier alpha value is -3.96. The first kappa shape index (κ1) is 18.8. The van der Waals surface area contributed by atoms with E-state index in [0.717, 1.165) is 22.1 Å². The van der Waals surface area contributed by atoms with E-state index in [1.807, 2.05) is 24.5 Å². The number of pyridine rings is 1. The molecule has 0 unspecified atom stereocenters. The lowest BCUT2D eigenvalue weighted by molar-refractivity contribution is -0.384. The van der Waals surface area contributed by atoms with Gasteiger partial charge in [-0.05, 0) is 18.2 Å². The summed E-state index contributed by atoms with van der Waals surface area (Å²) in [7, 11) is 0. The lowest BCUT2D eigenvalue weighted by Crippen LogP contribution is -2.21. The van der Waals surface area contributed by atoms with E-state index in [4.69, 9.17) is 9.90 Å². The second kappa shape index (κ2) is 6.98. The number of alkyl halides is 3. The number of benzene rings is 1. The van der Waals surface area contributed by atoms with E-state index in [0.29, 0.717) is 5.52 Å². The zero-order valence-electron chi connectivity index (χ0n) is 13.7. The minimum absolute atomic E-state index is 0.0364. The van der Waals surface area contributed by atoms with Crippen molar-refractivity contribution in [2.45, 2.75) is 6.18 Å². The number of H-pyrrole nitrogens is 1. The number of non-ortho nitro benzene ring substituents is 1. The molecule has 0 aliphatic heterocycles. The number of carboxylic acids is 1. The molecule has 0 fully saturated rings. The predicted octanol–water partition coefficient (Wildman–Crippen LogP) is 3.44. The zero-order chi connectivity index (χ0) is 20.5. The van der Waals surface area contributed by atoms with Crippen LogP contribution in [0.15, 0.2) is 48.9 Å².